The van der Waals surface area contributed by atoms with Gasteiger partial charge in [-0.05, 0) is 74.7 Å². The molecule has 0 radical (unpaired) electrons. The van der Waals surface area contributed by atoms with Crippen molar-refractivity contribution >= 4 is 23.6 Å². The fraction of sp³-hybridized carbons (Fsp3) is 0.360. The highest BCUT2D eigenvalue weighted by Gasteiger charge is 2.17. The first-order valence-electron chi connectivity index (χ1n) is 10.9. The summed E-state index contributed by atoms with van der Waals surface area (Å²) in [6, 6.07) is 12.8. The van der Waals surface area contributed by atoms with Crippen molar-refractivity contribution in [2.75, 3.05) is 18.5 Å². The molecule has 0 unspecified atom stereocenters. The summed E-state index contributed by atoms with van der Waals surface area (Å²) in [5.41, 5.74) is 2.06. The van der Waals surface area contributed by atoms with Gasteiger partial charge in [0.05, 0.1) is 13.2 Å². The SMILES string of the molecule is CCOc1ccc(/C=C/C(=O)Nc2ccc(C(=O)NC3CCCC3)cc2)cc1OCC. The van der Waals surface area contributed by atoms with E-state index < -0.39 is 0 Å². The monoisotopic (exact) mass is 422 g/mol. The molecule has 0 aliphatic heterocycles. The quantitative estimate of drug-likeness (QED) is 0.569. The van der Waals surface area contributed by atoms with Crippen LogP contribution in [0.1, 0.15) is 55.5 Å². The topological polar surface area (TPSA) is 76.7 Å². The maximum Gasteiger partial charge on any atom is 0.251 e. The van der Waals surface area contributed by atoms with Gasteiger partial charge in [0.25, 0.3) is 5.91 Å². The van der Waals surface area contributed by atoms with Crippen molar-refractivity contribution in [1.29, 1.82) is 0 Å². The number of hydrogen-bond donors (Lipinski definition) is 2. The lowest BCUT2D eigenvalue weighted by Crippen LogP contribution is -2.32. The fourth-order valence-corrected chi connectivity index (χ4v) is 3.57. The Labute approximate surface area is 183 Å². The van der Waals surface area contributed by atoms with Crippen LogP contribution >= 0.6 is 0 Å². The van der Waals surface area contributed by atoms with E-state index in [9.17, 15) is 9.59 Å². The molecule has 0 bridgehead atoms. The van der Waals surface area contributed by atoms with Gasteiger partial charge in [0.2, 0.25) is 5.91 Å². The Bertz CT molecular complexity index is 916. The maximum absolute atomic E-state index is 12.3. The van der Waals surface area contributed by atoms with Gasteiger partial charge < -0.3 is 20.1 Å². The highest BCUT2D eigenvalue weighted by molar-refractivity contribution is 6.02. The Morgan fingerprint density at radius 1 is 0.968 bits per heavy atom. The highest BCUT2D eigenvalue weighted by Crippen LogP contribution is 2.29. The molecule has 1 aliphatic rings. The zero-order chi connectivity index (χ0) is 22.1. The summed E-state index contributed by atoms with van der Waals surface area (Å²) in [6.45, 7) is 4.92. The van der Waals surface area contributed by atoms with Gasteiger partial charge in [-0.2, -0.15) is 0 Å². The molecule has 2 N–H and O–H groups in total. The second-order valence-corrected chi connectivity index (χ2v) is 7.43. The highest BCUT2D eigenvalue weighted by atomic mass is 16.5. The van der Waals surface area contributed by atoms with E-state index in [0.717, 1.165) is 18.4 Å². The molecule has 2 amide bonds. The summed E-state index contributed by atoms with van der Waals surface area (Å²) in [4.78, 5) is 24.6. The van der Waals surface area contributed by atoms with E-state index in [1.54, 1.807) is 30.3 Å². The van der Waals surface area contributed by atoms with E-state index in [2.05, 4.69) is 10.6 Å². The molecular weight excluding hydrogens is 392 g/mol. The molecule has 6 nitrogen and oxygen atoms in total. The van der Waals surface area contributed by atoms with Crippen LogP contribution < -0.4 is 20.1 Å². The lowest BCUT2D eigenvalue weighted by molar-refractivity contribution is -0.111. The molecule has 2 aromatic carbocycles. The zero-order valence-corrected chi connectivity index (χ0v) is 18.1. The smallest absolute Gasteiger partial charge is 0.251 e. The third-order valence-electron chi connectivity index (χ3n) is 5.10. The largest absolute Gasteiger partial charge is 0.490 e. The molecule has 1 aliphatic carbocycles. The Balaban J connectivity index is 1.56. The van der Waals surface area contributed by atoms with Crippen molar-refractivity contribution in [3.63, 3.8) is 0 Å². The fourth-order valence-electron chi connectivity index (χ4n) is 3.57. The normalized spacial score (nSPS) is 13.9. The molecule has 2 aromatic rings. The number of amides is 2. The van der Waals surface area contributed by atoms with Crippen molar-refractivity contribution in [2.24, 2.45) is 0 Å². The summed E-state index contributed by atoms with van der Waals surface area (Å²) in [5, 5.41) is 5.87. The van der Waals surface area contributed by atoms with Crippen molar-refractivity contribution < 1.29 is 19.1 Å². The van der Waals surface area contributed by atoms with Crippen LogP contribution in [-0.4, -0.2) is 31.1 Å². The molecule has 3 rings (SSSR count). The van der Waals surface area contributed by atoms with Crippen LogP contribution in [0, 0.1) is 0 Å². The lowest BCUT2D eigenvalue weighted by Gasteiger charge is -2.12. The summed E-state index contributed by atoms with van der Waals surface area (Å²) in [7, 11) is 0. The number of hydrogen-bond acceptors (Lipinski definition) is 4. The number of benzene rings is 2. The average Bonchev–Trinajstić information content (AvgIpc) is 3.28. The first kappa shape index (κ1) is 22.4. The van der Waals surface area contributed by atoms with Gasteiger partial charge in [-0.25, -0.2) is 0 Å². The molecular formula is C25H30N2O4. The van der Waals surface area contributed by atoms with Crippen molar-refractivity contribution in [3.05, 3.63) is 59.7 Å². The van der Waals surface area contributed by atoms with Crippen LogP contribution in [-0.2, 0) is 4.79 Å². The van der Waals surface area contributed by atoms with Crippen molar-refractivity contribution in [3.8, 4) is 11.5 Å². The average molecular weight is 423 g/mol. The number of carbonyl (C=O) groups excluding carboxylic acids is 2. The van der Waals surface area contributed by atoms with E-state index in [0.29, 0.717) is 36.0 Å². The molecule has 0 spiro atoms. The number of nitrogens with one attached hydrogen (secondary N) is 2. The molecule has 0 heterocycles. The van der Waals surface area contributed by atoms with Gasteiger partial charge in [0, 0.05) is 23.4 Å². The molecule has 0 saturated heterocycles. The minimum atomic E-state index is -0.255. The van der Waals surface area contributed by atoms with E-state index in [1.807, 2.05) is 32.0 Å². The number of rotatable bonds is 9. The second-order valence-electron chi connectivity index (χ2n) is 7.43. The minimum Gasteiger partial charge on any atom is -0.490 e. The van der Waals surface area contributed by atoms with Crippen LogP contribution in [0.2, 0.25) is 0 Å². The Morgan fingerprint density at radius 2 is 1.65 bits per heavy atom. The van der Waals surface area contributed by atoms with Crippen LogP contribution in [0.25, 0.3) is 6.08 Å². The number of anilines is 1. The van der Waals surface area contributed by atoms with Gasteiger partial charge in [0.15, 0.2) is 11.5 Å². The maximum atomic E-state index is 12.3. The van der Waals surface area contributed by atoms with E-state index in [4.69, 9.17) is 9.47 Å². The summed E-state index contributed by atoms with van der Waals surface area (Å²) in [5.74, 6) is 1.02. The second kappa shape index (κ2) is 11.2. The van der Waals surface area contributed by atoms with Crippen molar-refractivity contribution in [2.45, 2.75) is 45.6 Å². The summed E-state index contributed by atoms with van der Waals surface area (Å²) in [6.07, 6.45) is 7.63. The molecule has 31 heavy (non-hydrogen) atoms. The van der Waals surface area contributed by atoms with Crippen LogP contribution in [0.5, 0.6) is 11.5 Å². The van der Waals surface area contributed by atoms with Gasteiger partial charge in [-0.1, -0.05) is 18.9 Å². The third kappa shape index (κ3) is 6.60. The summed E-state index contributed by atoms with van der Waals surface area (Å²) < 4.78 is 11.2. The van der Waals surface area contributed by atoms with Crippen LogP contribution in [0.4, 0.5) is 5.69 Å². The lowest BCUT2D eigenvalue weighted by atomic mass is 10.1. The number of ether oxygens (including phenoxy) is 2. The van der Waals surface area contributed by atoms with Gasteiger partial charge in [-0.15, -0.1) is 0 Å². The predicted octanol–water partition coefficient (Wildman–Crippen LogP) is 4.81. The Hall–Kier alpha value is -3.28. The Kier molecular flexibility index (Phi) is 8.10. The minimum absolute atomic E-state index is 0.0646. The molecule has 0 atom stereocenters. The molecule has 164 valence electrons. The van der Waals surface area contributed by atoms with Gasteiger partial charge in [-0.3, -0.25) is 9.59 Å². The van der Waals surface area contributed by atoms with Crippen molar-refractivity contribution in [1.82, 2.24) is 5.32 Å². The zero-order valence-electron chi connectivity index (χ0n) is 18.1. The van der Waals surface area contributed by atoms with E-state index in [1.165, 1.54) is 18.9 Å². The third-order valence-corrected chi connectivity index (χ3v) is 5.10. The Morgan fingerprint density at radius 3 is 2.32 bits per heavy atom. The van der Waals surface area contributed by atoms with E-state index in [-0.39, 0.29) is 17.9 Å². The van der Waals surface area contributed by atoms with Gasteiger partial charge in [0.1, 0.15) is 0 Å². The molecule has 0 aromatic heterocycles. The van der Waals surface area contributed by atoms with Crippen LogP contribution in [0.15, 0.2) is 48.5 Å². The standard InChI is InChI=1S/C25H30N2O4/c1-3-30-22-15-9-18(17-23(22)31-4-2)10-16-24(28)26-21-13-11-19(12-14-21)25(29)27-20-7-5-6-8-20/h9-17,20H,3-8H2,1-2H3,(H,26,28)(H,27,29)/b16-10+. The predicted molar refractivity (Wildman–Crippen MR) is 123 cm³/mol. The first-order valence-corrected chi connectivity index (χ1v) is 10.9. The van der Waals surface area contributed by atoms with E-state index >= 15 is 0 Å². The molecule has 1 saturated carbocycles. The molecule has 6 heteroatoms. The van der Waals surface area contributed by atoms with Crippen LogP contribution in [0.3, 0.4) is 0 Å². The number of carbonyl (C=O) groups is 2. The molecule has 1 fully saturated rings. The first-order chi connectivity index (χ1) is 15.1. The van der Waals surface area contributed by atoms with Gasteiger partial charge >= 0.3 is 0 Å². The summed E-state index contributed by atoms with van der Waals surface area (Å²) >= 11 is 0.